The highest BCUT2D eigenvalue weighted by Crippen LogP contribution is 2.44. The van der Waals surface area contributed by atoms with Gasteiger partial charge in [0.25, 0.3) is 0 Å². The van der Waals surface area contributed by atoms with E-state index in [0.717, 1.165) is 43.4 Å². The van der Waals surface area contributed by atoms with Crippen LogP contribution < -0.4 is 14.8 Å². The number of para-hydroxylation sites is 2. The van der Waals surface area contributed by atoms with E-state index >= 15 is 0 Å². The van der Waals surface area contributed by atoms with E-state index < -0.39 is 11.5 Å². The Bertz CT molecular complexity index is 935. The van der Waals surface area contributed by atoms with Crippen molar-refractivity contribution < 1.29 is 19.1 Å². The fourth-order valence-corrected chi connectivity index (χ4v) is 5.04. The van der Waals surface area contributed by atoms with Gasteiger partial charge in [-0.1, -0.05) is 37.1 Å². The average Bonchev–Trinajstić information content (AvgIpc) is 3.50. The molecule has 0 aromatic heterocycles. The first-order chi connectivity index (χ1) is 15.1. The normalized spacial score (nSPS) is 19.8. The van der Waals surface area contributed by atoms with Gasteiger partial charge in [-0.25, -0.2) is 0 Å². The molecule has 1 aliphatic heterocycles. The molecule has 164 valence electrons. The second kappa shape index (κ2) is 9.00. The molecule has 1 atom stereocenters. The largest absolute Gasteiger partial charge is 0.497 e. The highest BCUT2D eigenvalue weighted by Gasteiger charge is 2.48. The number of hydrogen-bond acceptors (Lipinski definition) is 4. The minimum absolute atomic E-state index is 0.0767. The quantitative estimate of drug-likeness (QED) is 0.760. The van der Waals surface area contributed by atoms with Gasteiger partial charge < -0.3 is 19.7 Å². The van der Waals surface area contributed by atoms with Crippen molar-refractivity contribution in [2.75, 3.05) is 26.1 Å². The van der Waals surface area contributed by atoms with Gasteiger partial charge in [0.2, 0.25) is 11.8 Å². The monoisotopic (exact) mass is 422 g/mol. The van der Waals surface area contributed by atoms with Gasteiger partial charge in [-0.15, -0.1) is 0 Å². The maximum Gasteiger partial charge on any atom is 0.247 e. The Labute approximate surface area is 183 Å². The lowest BCUT2D eigenvalue weighted by Gasteiger charge is -2.35. The summed E-state index contributed by atoms with van der Waals surface area (Å²) in [5.74, 6) is 1.31. The molecule has 6 nitrogen and oxygen atoms in total. The van der Waals surface area contributed by atoms with Crippen molar-refractivity contribution in [3.63, 3.8) is 0 Å². The van der Waals surface area contributed by atoms with Gasteiger partial charge >= 0.3 is 0 Å². The van der Waals surface area contributed by atoms with E-state index in [1.807, 2.05) is 48.5 Å². The number of benzene rings is 2. The number of methoxy groups -OCH3 is 2. The fourth-order valence-electron chi connectivity index (χ4n) is 5.04. The molecule has 1 aliphatic carbocycles. The molecule has 2 aromatic rings. The molecule has 0 bridgehead atoms. The molecule has 1 saturated heterocycles. The summed E-state index contributed by atoms with van der Waals surface area (Å²) in [5, 5.41) is 2.97. The van der Waals surface area contributed by atoms with Crippen molar-refractivity contribution in [2.45, 2.75) is 50.0 Å². The molecule has 0 spiro atoms. The molecule has 0 unspecified atom stereocenters. The average molecular weight is 423 g/mol. The lowest BCUT2D eigenvalue weighted by molar-refractivity contribution is -0.141. The molecule has 6 heteroatoms. The van der Waals surface area contributed by atoms with Gasteiger partial charge in [-0.2, -0.15) is 0 Å². The molecule has 31 heavy (non-hydrogen) atoms. The SMILES string of the molecule is COc1ccc(C2(C(=O)N3CCC[C@@H]3C(=O)Nc3ccccc3OC)CCCC2)cc1. The van der Waals surface area contributed by atoms with Crippen LogP contribution in [0.1, 0.15) is 44.1 Å². The summed E-state index contributed by atoms with van der Waals surface area (Å²) in [7, 11) is 3.22. The van der Waals surface area contributed by atoms with Gasteiger partial charge in [0.15, 0.2) is 0 Å². The van der Waals surface area contributed by atoms with Gasteiger partial charge in [-0.05, 0) is 55.5 Å². The molecular weight excluding hydrogens is 392 g/mol. The predicted octanol–water partition coefficient (Wildman–Crippen LogP) is 4.15. The lowest BCUT2D eigenvalue weighted by atomic mass is 9.77. The molecule has 2 aromatic carbocycles. The van der Waals surface area contributed by atoms with Crippen molar-refractivity contribution in [1.82, 2.24) is 4.90 Å². The maximum atomic E-state index is 13.9. The Kier molecular flexibility index (Phi) is 6.16. The Morgan fingerprint density at radius 2 is 1.68 bits per heavy atom. The van der Waals surface area contributed by atoms with E-state index in [0.29, 0.717) is 24.4 Å². The molecule has 4 rings (SSSR count). The topological polar surface area (TPSA) is 67.9 Å². The number of nitrogens with zero attached hydrogens (tertiary/aromatic N) is 1. The van der Waals surface area contributed by atoms with Crippen molar-refractivity contribution in [3.05, 3.63) is 54.1 Å². The zero-order valence-corrected chi connectivity index (χ0v) is 18.2. The third-order valence-corrected chi connectivity index (χ3v) is 6.69. The molecule has 2 aliphatic rings. The molecule has 1 saturated carbocycles. The molecule has 0 radical (unpaired) electrons. The number of amides is 2. The number of likely N-dealkylation sites (tertiary alicyclic amines) is 1. The number of rotatable bonds is 6. The van der Waals surface area contributed by atoms with Gasteiger partial charge in [0, 0.05) is 6.54 Å². The molecular formula is C25H30N2O4. The molecule has 2 amide bonds. The van der Waals surface area contributed by atoms with E-state index in [2.05, 4.69) is 5.32 Å². The van der Waals surface area contributed by atoms with Crippen molar-refractivity contribution in [3.8, 4) is 11.5 Å². The van der Waals surface area contributed by atoms with Crippen LogP contribution >= 0.6 is 0 Å². The van der Waals surface area contributed by atoms with Crippen LogP contribution in [0.5, 0.6) is 11.5 Å². The Morgan fingerprint density at radius 1 is 0.968 bits per heavy atom. The van der Waals surface area contributed by atoms with Crippen LogP contribution in [0.4, 0.5) is 5.69 Å². The molecule has 2 fully saturated rings. The summed E-state index contributed by atoms with van der Waals surface area (Å²) in [6, 6.07) is 14.7. The first-order valence-corrected chi connectivity index (χ1v) is 11.0. The Hall–Kier alpha value is -3.02. The van der Waals surface area contributed by atoms with E-state index in [4.69, 9.17) is 9.47 Å². The first-order valence-electron chi connectivity index (χ1n) is 11.0. The maximum absolute atomic E-state index is 13.9. The number of anilines is 1. The van der Waals surface area contributed by atoms with Crippen LogP contribution in [0, 0.1) is 0 Å². The standard InChI is InChI=1S/C25H30N2O4/c1-30-19-13-11-18(12-14-19)25(15-5-6-16-25)24(29)27-17-7-9-21(27)23(28)26-20-8-3-4-10-22(20)31-2/h3-4,8,10-14,21H,5-7,9,15-17H2,1-2H3,(H,26,28)/t21-/m1/s1. The van der Waals surface area contributed by atoms with Gasteiger partial charge in [-0.3, -0.25) is 9.59 Å². The van der Waals surface area contributed by atoms with Crippen LogP contribution in [0.25, 0.3) is 0 Å². The highest BCUT2D eigenvalue weighted by atomic mass is 16.5. The van der Waals surface area contributed by atoms with Crippen LogP contribution in [0.2, 0.25) is 0 Å². The molecule has 1 N–H and O–H groups in total. The summed E-state index contributed by atoms with van der Waals surface area (Å²) in [6.45, 7) is 0.612. The Morgan fingerprint density at radius 3 is 2.35 bits per heavy atom. The Balaban J connectivity index is 1.57. The van der Waals surface area contributed by atoms with E-state index in [1.165, 1.54) is 0 Å². The highest BCUT2D eigenvalue weighted by molar-refractivity contribution is 6.00. The number of nitrogens with one attached hydrogen (secondary N) is 1. The summed E-state index contributed by atoms with van der Waals surface area (Å²) in [6.07, 6.45) is 5.16. The van der Waals surface area contributed by atoms with E-state index in [9.17, 15) is 9.59 Å². The summed E-state index contributed by atoms with van der Waals surface area (Å²) in [5.41, 5.74) is 1.09. The minimum Gasteiger partial charge on any atom is -0.497 e. The second-order valence-corrected chi connectivity index (χ2v) is 8.36. The first kappa shape index (κ1) is 21.2. The zero-order chi connectivity index (χ0) is 21.8. The van der Waals surface area contributed by atoms with Crippen LogP contribution in [-0.4, -0.2) is 43.5 Å². The van der Waals surface area contributed by atoms with Crippen molar-refractivity contribution in [2.24, 2.45) is 0 Å². The number of carbonyl (C=O) groups is 2. The predicted molar refractivity (Wildman–Crippen MR) is 119 cm³/mol. The smallest absolute Gasteiger partial charge is 0.247 e. The van der Waals surface area contributed by atoms with E-state index in [1.54, 1.807) is 19.1 Å². The summed E-state index contributed by atoms with van der Waals surface area (Å²) in [4.78, 5) is 28.9. The minimum atomic E-state index is -0.556. The van der Waals surface area contributed by atoms with Crippen LogP contribution in [-0.2, 0) is 15.0 Å². The number of ether oxygens (including phenoxy) is 2. The third kappa shape index (κ3) is 3.99. The number of carbonyl (C=O) groups excluding carboxylic acids is 2. The van der Waals surface area contributed by atoms with E-state index in [-0.39, 0.29) is 11.8 Å². The zero-order valence-electron chi connectivity index (χ0n) is 18.2. The third-order valence-electron chi connectivity index (χ3n) is 6.69. The summed E-state index contributed by atoms with van der Waals surface area (Å²) >= 11 is 0. The molecule has 1 heterocycles. The number of hydrogen-bond donors (Lipinski definition) is 1. The van der Waals surface area contributed by atoms with Crippen molar-refractivity contribution >= 4 is 17.5 Å². The van der Waals surface area contributed by atoms with Crippen molar-refractivity contribution in [1.29, 1.82) is 0 Å². The summed E-state index contributed by atoms with van der Waals surface area (Å²) < 4.78 is 10.6. The fraction of sp³-hybridized carbons (Fsp3) is 0.440. The van der Waals surface area contributed by atoms with Crippen LogP contribution in [0.15, 0.2) is 48.5 Å². The van der Waals surface area contributed by atoms with Crippen LogP contribution in [0.3, 0.4) is 0 Å². The second-order valence-electron chi connectivity index (χ2n) is 8.36. The van der Waals surface area contributed by atoms with Gasteiger partial charge in [0.1, 0.15) is 17.5 Å². The lowest BCUT2D eigenvalue weighted by Crippen LogP contribution is -2.51. The van der Waals surface area contributed by atoms with Gasteiger partial charge in [0.05, 0.1) is 25.3 Å².